The fourth-order valence-corrected chi connectivity index (χ4v) is 5.27. The summed E-state index contributed by atoms with van der Waals surface area (Å²) in [6, 6.07) is 6.81. The Morgan fingerprint density at radius 3 is 2.36 bits per heavy atom. The Hall–Kier alpha value is -3.86. The van der Waals surface area contributed by atoms with E-state index in [9.17, 15) is 29.2 Å². The highest BCUT2D eigenvalue weighted by atomic mass is 19.1. The average molecular weight is 496 g/mol. The maximum Gasteiger partial charge on any atom is 0.341 e. The fraction of sp³-hybridized carbons (Fsp3) is 0.400. The lowest BCUT2D eigenvalue weighted by molar-refractivity contribution is -0.384. The Kier molecular flexibility index (Phi) is 6.40. The highest BCUT2D eigenvalue weighted by Crippen LogP contribution is 2.33. The Morgan fingerprint density at radius 1 is 1.08 bits per heavy atom. The van der Waals surface area contributed by atoms with Crippen molar-refractivity contribution in [2.45, 2.75) is 38.1 Å². The number of carboxylic acids is 1. The molecule has 0 amide bonds. The summed E-state index contributed by atoms with van der Waals surface area (Å²) >= 11 is 0. The first-order valence-electron chi connectivity index (χ1n) is 12.1. The number of carboxylic acid groups (broad SMARTS) is 1. The highest BCUT2D eigenvalue weighted by Gasteiger charge is 2.31. The first-order valence-corrected chi connectivity index (χ1v) is 12.1. The number of pyridine rings is 2. The van der Waals surface area contributed by atoms with Crippen molar-refractivity contribution in [1.82, 2.24) is 14.5 Å². The third-order valence-electron chi connectivity index (χ3n) is 7.14. The van der Waals surface area contributed by atoms with Crippen LogP contribution < -0.4 is 10.3 Å². The molecule has 0 bridgehead atoms. The maximum atomic E-state index is 13.5. The predicted octanol–water partition coefficient (Wildman–Crippen LogP) is 3.59. The van der Waals surface area contributed by atoms with Gasteiger partial charge in [-0.2, -0.15) is 0 Å². The summed E-state index contributed by atoms with van der Waals surface area (Å²) in [6.07, 6.45) is 6.46. The molecule has 2 fully saturated rings. The largest absolute Gasteiger partial charge is 0.477 e. The summed E-state index contributed by atoms with van der Waals surface area (Å²) in [5.41, 5.74) is -1.31. The van der Waals surface area contributed by atoms with Crippen molar-refractivity contribution in [3.05, 3.63) is 68.2 Å². The molecule has 0 spiro atoms. The average Bonchev–Trinajstić information content (AvgIpc) is 2.89. The van der Waals surface area contributed by atoms with Gasteiger partial charge >= 0.3 is 11.7 Å². The molecular formula is C25H26FN5O5. The number of rotatable bonds is 5. The molecule has 188 valence electrons. The van der Waals surface area contributed by atoms with E-state index in [1.54, 1.807) is 0 Å². The zero-order valence-corrected chi connectivity index (χ0v) is 19.6. The van der Waals surface area contributed by atoms with Gasteiger partial charge in [-0.1, -0.05) is 6.42 Å². The smallest absolute Gasteiger partial charge is 0.341 e. The molecule has 1 aromatic carbocycles. The molecule has 3 aromatic rings. The van der Waals surface area contributed by atoms with E-state index in [2.05, 4.69) is 9.88 Å². The third-order valence-corrected chi connectivity index (χ3v) is 7.14. The van der Waals surface area contributed by atoms with E-state index >= 15 is 0 Å². The molecule has 36 heavy (non-hydrogen) atoms. The van der Waals surface area contributed by atoms with Crippen LogP contribution in [0.15, 0.2) is 41.3 Å². The number of nitrogens with zero attached hydrogens (tertiary/aromatic N) is 5. The minimum absolute atomic E-state index is 0.0790. The van der Waals surface area contributed by atoms with Gasteiger partial charge in [0.1, 0.15) is 11.4 Å². The first kappa shape index (κ1) is 23.9. The van der Waals surface area contributed by atoms with Crippen molar-refractivity contribution in [1.29, 1.82) is 0 Å². The number of likely N-dealkylation sites (tertiary alicyclic amines) is 1. The molecule has 0 saturated carbocycles. The van der Waals surface area contributed by atoms with Crippen molar-refractivity contribution in [3.8, 4) is 5.69 Å². The van der Waals surface area contributed by atoms with Crippen molar-refractivity contribution < 1.29 is 19.2 Å². The van der Waals surface area contributed by atoms with Crippen LogP contribution in [0.25, 0.3) is 16.7 Å². The number of halogens is 1. The molecule has 2 aliphatic heterocycles. The van der Waals surface area contributed by atoms with E-state index in [1.165, 1.54) is 48.1 Å². The van der Waals surface area contributed by atoms with Gasteiger partial charge in [0.2, 0.25) is 11.2 Å². The van der Waals surface area contributed by atoms with E-state index in [0.717, 1.165) is 38.2 Å². The molecule has 11 heteroatoms. The molecule has 2 saturated heterocycles. The summed E-state index contributed by atoms with van der Waals surface area (Å²) in [7, 11) is 0. The van der Waals surface area contributed by atoms with Crippen molar-refractivity contribution in [2.24, 2.45) is 0 Å². The Balaban J connectivity index is 1.60. The minimum atomic E-state index is -1.47. The van der Waals surface area contributed by atoms with Crippen LogP contribution >= 0.6 is 0 Å². The second-order valence-corrected chi connectivity index (χ2v) is 9.30. The minimum Gasteiger partial charge on any atom is -0.477 e. The number of aromatic nitrogens is 2. The lowest BCUT2D eigenvalue weighted by Gasteiger charge is -2.40. The van der Waals surface area contributed by atoms with Gasteiger partial charge in [-0.25, -0.2) is 14.2 Å². The Labute approximate surface area is 205 Å². The van der Waals surface area contributed by atoms with Gasteiger partial charge < -0.3 is 19.5 Å². The number of carbonyl (C=O) groups is 1. The lowest BCUT2D eigenvalue weighted by atomic mass is 10.00. The molecular weight excluding hydrogens is 469 g/mol. The number of aromatic carboxylic acids is 1. The predicted molar refractivity (Wildman–Crippen MR) is 132 cm³/mol. The molecule has 4 heterocycles. The summed E-state index contributed by atoms with van der Waals surface area (Å²) in [6.45, 7) is 3.31. The number of benzene rings is 1. The van der Waals surface area contributed by atoms with Crippen molar-refractivity contribution >= 4 is 28.5 Å². The second-order valence-electron chi connectivity index (χ2n) is 9.30. The van der Waals surface area contributed by atoms with Crippen LogP contribution in [0.3, 0.4) is 0 Å². The second kappa shape index (κ2) is 9.65. The summed E-state index contributed by atoms with van der Waals surface area (Å²) in [5.74, 6) is -1.81. The first-order chi connectivity index (χ1) is 17.3. The van der Waals surface area contributed by atoms with Gasteiger partial charge in [0.05, 0.1) is 10.3 Å². The molecule has 10 nitrogen and oxygen atoms in total. The van der Waals surface area contributed by atoms with Gasteiger partial charge in [-0.15, -0.1) is 0 Å². The molecule has 0 aliphatic carbocycles. The summed E-state index contributed by atoms with van der Waals surface area (Å²) < 4.78 is 14.9. The quantitative estimate of drug-likeness (QED) is 0.421. The van der Waals surface area contributed by atoms with Gasteiger partial charge in [0.15, 0.2) is 5.65 Å². The van der Waals surface area contributed by atoms with Crippen molar-refractivity contribution in [2.75, 3.05) is 31.1 Å². The third kappa shape index (κ3) is 4.41. The number of piperidine rings is 2. The molecule has 1 N–H and O–H groups in total. The zero-order chi connectivity index (χ0) is 25.4. The number of nitro groups is 1. The van der Waals surface area contributed by atoms with Crippen LogP contribution in [-0.2, 0) is 0 Å². The molecule has 0 atom stereocenters. The number of fused-ring (bicyclic) bond motifs is 1. The zero-order valence-electron chi connectivity index (χ0n) is 19.6. The molecule has 0 radical (unpaired) electrons. The van der Waals surface area contributed by atoms with Gasteiger partial charge in [-0.05, 0) is 63.0 Å². The molecule has 5 rings (SSSR count). The van der Waals surface area contributed by atoms with E-state index in [1.807, 2.05) is 4.90 Å². The van der Waals surface area contributed by atoms with E-state index in [0.29, 0.717) is 24.8 Å². The van der Waals surface area contributed by atoms with Crippen LogP contribution in [0.1, 0.15) is 42.5 Å². The van der Waals surface area contributed by atoms with Gasteiger partial charge in [-0.3, -0.25) is 14.9 Å². The standard InChI is InChI=1S/C25H26FN5O5/c26-16-4-6-18(7-5-16)30-15-20(25(33)34)22(32)19-14-21(31(35)36)24(27-23(19)30)29-12-8-17(9-13-29)28-10-2-1-3-11-28/h4-7,14-15,17H,1-3,8-13H2,(H,33,34). The normalized spacial score (nSPS) is 17.4. The van der Waals surface area contributed by atoms with Crippen LogP contribution in [0.5, 0.6) is 0 Å². The summed E-state index contributed by atoms with van der Waals surface area (Å²) in [5, 5.41) is 21.4. The molecule has 2 aromatic heterocycles. The fourth-order valence-electron chi connectivity index (χ4n) is 5.27. The van der Waals surface area contributed by atoms with Gasteiger partial charge in [0, 0.05) is 37.1 Å². The number of hydrogen-bond donors (Lipinski definition) is 1. The van der Waals surface area contributed by atoms with Gasteiger partial charge in [0.25, 0.3) is 0 Å². The number of hydrogen-bond acceptors (Lipinski definition) is 7. The summed E-state index contributed by atoms with van der Waals surface area (Å²) in [4.78, 5) is 45.1. The maximum absolute atomic E-state index is 13.5. The highest BCUT2D eigenvalue weighted by molar-refractivity contribution is 5.93. The van der Waals surface area contributed by atoms with Crippen LogP contribution in [-0.4, -0.2) is 62.7 Å². The molecule has 0 unspecified atom stereocenters. The van der Waals surface area contributed by atoms with Crippen molar-refractivity contribution in [3.63, 3.8) is 0 Å². The number of anilines is 1. The Morgan fingerprint density at radius 2 is 1.75 bits per heavy atom. The topological polar surface area (TPSA) is 122 Å². The van der Waals surface area contributed by atoms with E-state index < -0.39 is 27.7 Å². The van der Waals surface area contributed by atoms with E-state index in [4.69, 9.17) is 0 Å². The van der Waals surface area contributed by atoms with Crippen LogP contribution in [0.4, 0.5) is 15.9 Å². The SMILES string of the molecule is O=C(O)c1cn(-c2ccc(F)cc2)c2nc(N3CCC(N4CCCCC4)CC3)c([N+](=O)[O-])cc2c1=O. The monoisotopic (exact) mass is 495 g/mol. The lowest BCUT2D eigenvalue weighted by Crippen LogP contribution is -2.47. The Bertz CT molecular complexity index is 1380. The van der Waals surface area contributed by atoms with E-state index in [-0.39, 0.29) is 22.5 Å². The van der Waals surface area contributed by atoms with Crippen LogP contribution in [0, 0.1) is 15.9 Å². The van der Waals surface area contributed by atoms with Crippen LogP contribution in [0.2, 0.25) is 0 Å². The molecule has 2 aliphatic rings.